The first-order valence-electron chi connectivity index (χ1n) is 11.5. The molecule has 5 nitrogen and oxygen atoms in total. The number of rotatable bonds is 4. The number of fused-ring (bicyclic) bond motifs is 1. The molecule has 0 bridgehead atoms. The van der Waals surface area contributed by atoms with Crippen molar-refractivity contribution in [3.63, 3.8) is 0 Å². The third-order valence-corrected chi connectivity index (χ3v) is 16.6. The van der Waals surface area contributed by atoms with E-state index in [0.29, 0.717) is 4.90 Å². The number of nitrogens with zero attached hydrogens (tertiary/aromatic N) is 2. The van der Waals surface area contributed by atoms with Gasteiger partial charge in [0.25, 0.3) is 0 Å². The van der Waals surface area contributed by atoms with E-state index >= 15 is 0 Å². The maximum Gasteiger partial charge on any atom is -0.162 e. The number of benzene rings is 2. The Hall–Kier alpha value is -1.54. The van der Waals surface area contributed by atoms with Crippen LogP contribution in [0.5, 0.6) is 0 Å². The summed E-state index contributed by atoms with van der Waals surface area (Å²) in [4.78, 5) is 0.351. The Labute approximate surface area is 210 Å². The van der Waals surface area contributed by atoms with Gasteiger partial charge in [0.2, 0.25) is 0 Å². The van der Waals surface area contributed by atoms with Crippen molar-refractivity contribution in [2.75, 3.05) is 28.2 Å². The van der Waals surface area contributed by atoms with Crippen molar-refractivity contribution < 1.29 is 25.3 Å². The number of aryl methyl sites for hydroxylation is 3. The predicted molar refractivity (Wildman–Crippen MR) is 143 cm³/mol. The van der Waals surface area contributed by atoms with E-state index < -0.39 is 26.9 Å². The number of hydrogen-bond acceptors (Lipinski definition) is 2. The molecule has 0 spiro atoms. The fourth-order valence-electron chi connectivity index (χ4n) is 4.85. The first kappa shape index (κ1) is 28.7. The summed E-state index contributed by atoms with van der Waals surface area (Å²) in [6.07, 6.45) is 2.28. The quantitative estimate of drug-likeness (QED) is 0.578. The number of sulfonamides is 1. The van der Waals surface area contributed by atoms with E-state index in [2.05, 4.69) is 66.7 Å². The molecule has 2 aromatic carbocycles. The van der Waals surface area contributed by atoms with E-state index in [1.807, 2.05) is 19.1 Å². The van der Waals surface area contributed by atoms with E-state index in [9.17, 15) is 8.42 Å². The zero-order valence-corrected chi connectivity index (χ0v) is 24.6. The molecule has 0 saturated carbocycles. The van der Waals surface area contributed by atoms with Crippen LogP contribution in [0.2, 0.25) is 0 Å². The van der Waals surface area contributed by atoms with Crippen LogP contribution in [-0.4, -0.2) is 36.6 Å². The Morgan fingerprint density at radius 3 is 1.85 bits per heavy atom. The monoisotopic (exact) mass is 517 g/mol. The minimum atomic E-state index is -3.60. The summed E-state index contributed by atoms with van der Waals surface area (Å²) in [6, 6.07) is 11.5. The zero-order chi connectivity index (χ0) is 25.8. The SMILES string of the molecule is CC1=CC(C)[C]([Ti+2]2([NH]S(=O)(=O)c3ccc(C)cc3)[c]3cc(C)cc(C)[c]32)=C1C.C[N-]C.C[N-]C. The normalized spacial score (nSPS) is 18.6. The first-order valence-corrected chi connectivity index (χ1v) is 16.1. The molecule has 2 aromatic rings. The van der Waals surface area contributed by atoms with E-state index in [4.69, 9.17) is 0 Å². The number of hydrogen-bond donors (Lipinski definition) is 1. The van der Waals surface area contributed by atoms with Crippen molar-refractivity contribution >= 4 is 17.8 Å². The standard InChI is InChI=1S/C8H11.C8H8.C7H8NO2S.2C2H6N.Ti/c1-6-4-7(2)8(3)5-6;1-7-4-3-5-8(2)6-7;1-6-2-4-7(5-3-6)11(8,9)10;2*1-3-2;/h4,6H,1-3H3;4,6H,1-2H3;2-5H,1H3,(H-,8,9,10);2*1-2H3;/q;;3*-1;+3. The molecule has 0 saturated heterocycles. The van der Waals surface area contributed by atoms with Gasteiger partial charge >= 0.3 is 173 Å². The Morgan fingerprint density at radius 1 is 0.853 bits per heavy atom. The largest absolute Gasteiger partial charge is 0.668 e. The van der Waals surface area contributed by atoms with Crippen LogP contribution in [0.25, 0.3) is 10.6 Å². The van der Waals surface area contributed by atoms with Gasteiger partial charge in [-0.25, -0.2) is 0 Å². The smallest absolute Gasteiger partial charge is 0.162 e. The van der Waals surface area contributed by atoms with Crippen LogP contribution in [0.4, 0.5) is 0 Å². The van der Waals surface area contributed by atoms with Gasteiger partial charge in [0.1, 0.15) is 0 Å². The molecule has 0 amide bonds. The van der Waals surface area contributed by atoms with Crippen LogP contribution >= 0.6 is 0 Å². The van der Waals surface area contributed by atoms with Crippen molar-refractivity contribution in [2.45, 2.75) is 46.4 Å². The summed E-state index contributed by atoms with van der Waals surface area (Å²) in [5.41, 5.74) is 6.02. The fourth-order valence-corrected chi connectivity index (χ4v) is 17.3. The zero-order valence-electron chi connectivity index (χ0n) is 22.2. The Kier molecular flexibility index (Phi) is 9.68. The number of nitrogens with one attached hydrogen (secondary N) is 1. The van der Waals surface area contributed by atoms with Gasteiger partial charge in [0, 0.05) is 0 Å². The molecule has 0 radical (unpaired) electrons. The van der Waals surface area contributed by atoms with Crippen molar-refractivity contribution in [2.24, 2.45) is 5.92 Å². The maximum absolute atomic E-state index is 13.4. The average molecular weight is 518 g/mol. The van der Waals surface area contributed by atoms with Gasteiger partial charge in [0.15, 0.2) is 0 Å². The molecule has 7 heteroatoms. The summed E-state index contributed by atoms with van der Waals surface area (Å²) in [6.45, 7) is 12.7. The summed E-state index contributed by atoms with van der Waals surface area (Å²) >= 11 is -3.31. The average Bonchev–Trinajstić information content (AvgIpc) is 3.26. The van der Waals surface area contributed by atoms with Crippen LogP contribution in [-0.2, 0) is 26.9 Å². The van der Waals surface area contributed by atoms with E-state index in [1.54, 1.807) is 40.3 Å². The molecule has 34 heavy (non-hydrogen) atoms. The van der Waals surface area contributed by atoms with Crippen molar-refractivity contribution in [1.82, 2.24) is 3.20 Å². The van der Waals surface area contributed by atoms with Gasteiger partial charge in [0.05, 0.1) is 0 Å². The summed E-state index contributed by atoms with van der Waals surface area (Å²) in [5, 5.41) is 7.00. The molecule has 4 rings (SSSR count). The molecule has 0 fully saturated rings. The second-order valence-corrected chi connectivity index (χ2v) is 16.7. The minimum Gasteiger partial charge on any atom is -0.668 e. The summed E-state index contributed by atoms with van der Waals surface area (Å²) in [5.74, 6) is 0.271. The summed E-state index contributed by atoms with van der Waals surface area (Å²) < 4.78 is 34.0. The van der Waals surface area contributed by atoms with Crippen molar-refractivity contribution in [3.05, 3.63) is 84.8 Å². The molecular formula is C27H39N3O2STi. The second-order valence-electron chi connectivity index (χ2n) is 9.24. The molecule has 1 aliphatic carbocycles. The summed E-state index contributed by atoms with van der Waals surface area (Å²) in [7, 11) is 3.40. The third kappa shape index (κ3) is 5.64. The van der Waals surface area contributed by atoms with Crippen molar-refractivity contribution in [3.8, 4) is 0 Å². The third-order valence-electron chi connectivity index (χ3n) is 6.17. The van der Waals surface area contributed by atoms with E-state index in [-0.39, 0.29) is 5.92 Å². The van der Waals surface area contributed by atoms with Crippen molar-refractivity contribution in [1.29, 1.82) is 0 Å². The van der Waals surface area contributed by atoms with Gasteiger partial charge in [-0.2, -0.15) is 28.2 Å². The van der Waals surface area contributed by atoms with Crippen LogP contribution < -0.4 is 10.9 Å². The first-order chi connectivity index (χ1) is 15.9. The van der Waals surface area contributed by atoms with Gasteiger partial charge in [-0.3, -0.25) is 0 Å². The molecule has 2 unspecified atom stereocenters. The van der Waals surface area contributed by atoms with E-state index in [0.717, 1.165) is 5.56 Å². The molecule has 2 atom stereocenters. The van der Waals surface area contributed by atoms with Crippen LogP contribution in [0, 0.1) is 26.7 Å². The topological polar surface area (TPSA) is 74.4 Å². The van der Waals surface area contributed by atoms with E-state index in [1.165, 1.54) is 33.9 Å². The van der Waals surface area contributed by atoms with Crippen LogP contribution in [0.15, 0.2) is 62.4 Å². The van der Waals surface area contributed by atoms with Gasteiger partial charge in [-0.15, -0.1) is 0 Å². The molecule has 0 aromatic heterocycles. The van der Waals surface area contributed by atoms with Crippen LogP contribution in [0.1, 0.15) is 37.5 Å². The second kappa shape index (κ2) is 11.5. The molecule has 2 aliphatic rings. The van der Waals surface area contributed by atoms with Gasteiger partial charge in [-0.05, 0) is 0 Å². The van der Waals surface area contributed by atoms with Gasteiger partial charge in [-0.1, -0.05) is 0 Å². The predicted octanol–water partition coefficient (Wildman–Crippen LogP) is 5.03. The van der Waals surface area contributed by atoms with Gasteiger partial charge < -0.3 is 10.6 Å². The fraction of sp³-hybridized carbons (Fsp3) is 0.407. The van der Waals surface area contributed by atoms with Crippen LogP contribution in [0.3, 0.4) is 0 Å². The minimum absolute atomic E-state index is 0.271. The molecular weight excluding hydrogens is 478 g/mol. The molecule has 1 N–H and O–H groups in total. The maximum atomic E-state index is 13.4. The molecule has 1 aliphatic heterocycles. The Bertz CT molecular complexity index is 1200. The Morgan fingerprint density at radius 2 is 1.38 bits per heavy atom. The molecule has 184 valence electrons. The molecule has 1 heterocycles. The Balaban J connectivity index is 0.000000618. The number of allylic oxidation sites excluding steroid dienone is 4.